The number of carbonyl (C=O) groups is 2. The van der Waals surface area contributed by atoms with Crippen LogP contribution in [0.3, 0.4) is 0 Å². The van der Waals surface area contributed by atoms with Gasteiger partial charge in [-0.05, 0) is 30.3 Å². The zero-order chi connectivity index (χ0) is 15.2. The minimum atomic E-state index is -1.12. The highest BCUT2D eigenvalue weighted by Crippen LogP contribution is 2.21. The van der Waals surface area contributed by atoms with Crippen LogP contribution in [0.2, 0.25) is 0 Å². The largest absolute Gasteiger partial charge is 0.478 e. The minimum absolute atomic E-state index is 0.00746. The molecule has 5 heteroatoms. The Morgan fingerprint density at radius 1 is 1.10 bits per heavy atom. The van der Waals surface area contributed by atoms with Gasteiger partial charge in [0.2, 0.25) is 0 Å². The van der Waals surface area contributed by atoms with E-state index >= 15 is 0 Å². The second kappa shape index (κ2) is 6.73. The summed E-state index contributed by atoms with van der Waals surface area (Å²) in [5.41, 5.74) is 0.914. The molecule has 104 valence electrons. The van der Waals surface area contributed by atoms with E-state index in [2.05, 4.69) is 33.1 Å². The Kier molecular flexibility index (Phi) is 4.75. The van der Waals surface area contributed by atoms with Crippen LogP contribution in [-0.2, 0) is 4.79 Å². The van der Waals surface area contributed by atoms with Gasteiger partial charge in [-0.2, -0.15) is 0 Å². The maximum Gasteiger partial charge on any atom is 0.337 e. The zero-order valence-corrected chi connectivity index (χ0v) is 12.3. The fourth-order valence-corrected chi connectivity index (χ4v) is 1.97. The number of carbonyl (C=O) groups excluding carboxylic acids is 1. The SMILES string of the molecule is O=C(C#Cc1ccccc1)Nc1cc(Br)ccc1C(=O)O. The quantitative estimate of drug-likeness (QED) is 0.823. The number of halogens is 1. The van der Waals surface area contributed by atoms with Crippen LogP contribution in [0.1, 0.15) is 15.9 Å². The van der Waals surface area contributed by atoms with Gasteiger partial charge < -0.3 is 10.4 Å². The number of rotatable bonds is 2. The Labute approximate surface area is 129 Å². The topological polar surface area (TPSA) is 66.4 Å². The van der Waals surface area contributed by atoms with Crippen molar-refractivity contribution in [1.82, 2.24) is 0 Å². The molecular formula is C16H10BrNO3. The number of hydrogen-bond donors (Lipinski definition) is 2. The lowest BCUT2D eigenvalue weighted by molar-refractivity contribution is -0.111. The van der Waals surface area contributed by atoms with E-state index in [9.17, 15) is 9.59 Å². The highest BCUT2D eigenvalue weighted by Gasteiger charge is 2.11. The fourth-order valence-electron chi connectivity index (χ4n) is 1.61. The number of hydrogen-bond acceptors (Lipinski definition) is 2. The molecule has 0 atom stereocenters. The van der Waals surface area contributed by atoms with Crippen molar-refractivity contribution in [2.24, 2.45) is 0 Å². The smallest absolute Gasteiger partial charge is 0.337 e. The molecule has 2 aromatic rings. The Bertz CT molecular complexity index is 745. The summed E-state index contributed by atoms with van der Waals surface area (Å²) in [5, 5.41) is 11.6. The average Bonchev–Trinajstić information content (AvgIpc) is 2.46. The van der Waals surface area contributed by atoms with Gasteiger partial charge in [0.05, 0.1) is 11.3 Å². The zero-order valence-electron chi connectivity index (χ0n) is 10.8. The van der Waals surface area contributed by atoms with Gasteiger partial charge in [0.15, 0.2) is 0 Å². The van der Waals surface area contributed by atoms with Gasteiger partial charge >= 0.3 is 11.9 Å². The first-order valence-corrected chi connectivity index (χ1v) is 6.76. The van der Waals surface area contributed by atoms with Crippen molar-refractivity contribution in [1.29, 1.82) is 0 Å². The molecule has 0 spiro atoms. The average molecular weight is 344 g/mol. The molecule has 0 saturated carbocycles. The van der Waals surface area contributed by atoms with E-state index in [1.807, 2.05) is 18.2 Å². The van der Waals surface area contributed by atoms with E-state index in [1.54, 1.807) is 18.2 Å². The molecule has 0 saturated heterocycles. The van der Waals surface area contributed by atoms with E-state index in [0.717, 1.165) is 0 Å². The third kappa shape index (κ3) is 4.20. The molecule has 0 unspecified atom stereocenters. The summed E-state index contributed by atoms with van der Waals surface area (Å²) in [6, 6.07) is 13.6. The van der Waals surface area contributed by atoms with Crippen LogP contribution >= 0.6 is 15.9 Å². The van der Waals surface area contributed by atoms with Crippen molar-refractivity contribution in [2.45, 2.75) is 0 Å². The summed E-state index contributed by atoms with van der Waals surface area (Å²) in [5.74, 6) is 3.44. The van der Waals surface area contributed by atoms with Gasteiger partial charge in [-0.25, -0.2) is 4.79 Å². The molecule has 0 heterocycles. The molecule has 0 aliphatic rings. The number of carboxylic acids is 1. The second-order valence-corrected chi connectivity index (χ2v) is 4.98. The Morgan fingerprint density at radius 2 is 1.81 bits per heavy atom. The standard InChI is InChI=1S/C16H10BrNO3/c17-12-7-8-13(16(20)21)14(10-12)18-15(19)9-6-11-4-2-1-3-5-11/h1-5,7-8,10H,(H,18,19)(H,20,21). The molecular weight excluding hydrogens is 334 g/mol. The summed E-state index contributed by atoms with van der Waals surface area (Å²) in [6.07, 6.45) is 0. The normalized spacial score (nSPS) is 9.38. The number of anilines is 1. The second-order valence-electron chi connectivity index (χ2n) is 4.07. The van der Waals surface area contributed by atoms with Crippen molar-refractivity contribution in [2.75, 3.05) is 5.32 Å². The van der Waals surface area contributed by atoms with Gasteiger partial charge in [0.25, 0.3) is 0 Å². The lowest BCUT2D eigenvalue weighted by Crippen LogP contribution is -2.12. The summed E-state index contributed by atoms with van der Waals surface area (Å²) >= 11 is 3.23. The van der Waals surface area contributed by atoms with Crippen molar-refractivity contribution >= 4 is 33.5 Å². The molecule has 2 rings (SSSR count). The van der Waals surface area contributed by atoms with Crippen molar-refractivity contribution < 1.29 is 14.7 Å². The van der Waals surface area contributed by atoms with Crippen LogP contribution in [0.5, 0.6) is 0 Å². The predicted octanol–water partition coefficient (Wildman–Crippen LogP) is 3.14. The molecule has 4 nitrogen and oxygen atoms in total. The van der Waals surface area contributed by atoms with E-state index in [-0.39, 0.29) is 11.3 Å². The van der Waals surface area contributed by atoms with Crippen molar-refractivity contribution in [3.63, 3.8) is 0 Å². The predicted molar refractivity (Wildman–Crippen MR) is 83.1 cm³/mol. The highest BCUT2D eigenvalue weighted by molar-refractivity contribution is 9.10. The van der Waals surface area contributed by atoms with Gasteiger partial charge in [-0.15, -0.1) is 0 Å². The lowest BCUT2D eigenvalue weighted by Gasteiger charge is -2.06. The number of nitrogens with one attached hydrogen (secondary N) is 1. The van der Waals surface area contributed by atoms with Crippen LogP contribution in [0.4, 0.5) is 5.69 Å². The molecule has 0 aliphatic heterocycles. The summed E-state index contributed by atoms with van der Waals surface area (Å²) in [4.78, 5) is 22.9. The molecule has 1 amide bonds. The molecule has 0 fully saturated rings. The van der Waals surface area contributed by atoms with Crippen LogP contribution < -0.4 is 5.32 Å². The molecule has 0 bridgehead atoms. The molecule has 2 N–H and O–H groups in total. The van der Waals surface area contributed by atoms with Crippen LogP contribution in [-0.4, -0.2) is 17.0 Å². The van der Waals surface area contributed by atoms with Crippen LogP contribution in [0, 0.1) is 11.8 Å². The molecule has 0 aliphatic carbocycles. The number of amides is 1. The summed E-state index contributed by atoms with van der Waals surface area (Å²) in [6.45, 7) is 0. The van der Waals surface area contributed by atoms with E-state index in [4.69, 9.17) is 5.11 Å². The highest BCUT2D eigenvalue weighted by atomic mass is 79.9. The number of aromatic carboxylic acids is 1. The van der Waals surface area contributed by atoms with Crippen LogP contribution in [0.15, 0.2) is 53.0 Å². The Morgan fingerprint density at radius 3 is 2.48 bits per heavy atom. The maximum absolute atomic E-state index is 11.8. The van der Waals surface area contributed by atoms with E-state index < -0.39 is 11.9 Å². The van der Waals surface area contributed by atoms with Gasteiger partial charge in [-0.3, -0.25) is 4.79 Å². The fraction of sp³-hybridized carbons (Fsp3) is 0. The first-order chi connectivity index (χ1) is 10.1. The van der Waals surface area contributed by atoms with Gasteiger partial charge in [0.1, 0.15) is 0 Å². The molecule has 0 radical (unpaired) electrons. The van der Waals surface area contributed by atoms with Gasteiger partial charge in [0, 0.05) is 16.0 Å². The third-order valence-corrected chi connectivity index (χ3v) is 3.05. The van der Waals surface area contributed by atoms with E-state index in [0.29, 0.717) is 10.0 Å². The van der Waals surface area contributed by atoms with E-state index in [1.165, 1.54) is 12.1 Å². The molecule has 2 aromatic carbocycles. The monoisotopic (exact) mass is 343 g/mol. The number of carboxylic acid groups (broad SMARTS) is 1. The van der Waals surface area contributed by atoms with Crippen LogP contribution in [0.25, 0.3) is 0 Å². The minimum Gasteiger partial charge on any atom is -0.478 e. The lowest BCUT2D eigenvalue weighted by atomic mass is 10.2. The van der Waals surface area contributed by atoms with Crippen molar-refractivity contribution in [3.8, 4) is 11.8 Å². The maximum atomic E-state index is 11.8. The Hall–Kier alpha value is -2.58. The molecule has 21 heavy (non-hydrogen) atoms. The first-order valence-electron chi connectivity index (χ1n) is 5.97. The van der Waals surface area contributed by atoms with Crippen molar-refractivity contribution in [3.05, 3.63) is 64.1 Å². The summed E-state index contributed by atoms with van der Waals surface area (Å²) < 4.78 is 0.666. The summed E-state index contributed by atoms with van der Waals surface area (Å²) in [7, 11) is 0. The number of benzene rings is 2. The Balaban J connectivity index is 2.19. The first kappa shape index (κ1) is 14.8. The third-order valence-electron chi connectivity index (χ3n) is 2.55. The van der Waals surface area contributed by atoms with Gasteiger partial charge in [-0.1, -0.05) is 40.0 Å². The molecule has 0 aromatic heterocycles.